The molecule has 0 amide bonds. The minimum absolute atomic E-state index is 0.724. The van der Waals surface area contributed by atoms with E-state index in [4.69, 9.17) is 13.3 Å². The molecule has 236 valence electrons. The first-order valence-electron chi connectivity index (χ1n) is 17.1. The van der Waals surface area contributed by atoms with Gasteiger partial charge >= 0.3 is 8.80 Å². The third-order valence-electron chi connectivity index (χ3n) is 7.02. The highest BCUT2D eigenvalue weighted by Gasteiger charge is 2.40. The molecule has 0 aliphatic heterocycles. The van der Waals surface area contributed by atoms with Crippen LogP contribution in [0.4, 0.5) is 0 Å². The molecule has 0 bridgehead atoms. The summed E-state index contributed by atoms with van der Waals surface area (Å²) in [6.45, 7) is 9.99. The number of hydrogen-bond acceptors (Lipinski definition) is 4. The van der Waals surface area contributed by atoms with Crippen LogP contribution in [-0.2, 0) is 13.3 Å². The Kier molecular flexibility index (Phi) is 30.7. The summed E-state index contributed by atoms with van der Waals surface area (Å²) in [5.41, 5.74) is 0. The lowest BCUT2D eigenvalue weighted by Crippen LogP contribution is -2.47. The van der Waals surface area contributed by atoms with Crippen LogP contribution in [-0.4, -0.2) is 54.2 Å². The van der Waals surface area contributed by atoms with Crippen LogP contribution in [0.1, 0.15) is 143 Å². The van der Waals surface area contributed by atoms with Crippen molar-refractivity contribution in [3.05, 3.63) is 36.5 Å². The van der Waals surface area contributed by atoms with Gasteiger partial charge in [0.25, 0.3) is 0 Å². The Labute approximate surface area is 252 Å². The molecule has 0 aromatic carbocycles. The van der Waals surface area contributed by atoms with Crippen LogP contribution in [0, 0.1) is 0 Å². The summed E-state index contributed by atoms with van der Waals surface area (Å²) in [6, 6.07) is 0.901. The normalized spacial score (nSPS) is 12.8. The first-order chi connectivity index (χ1) is 19.6. The van der Waals surface area contributed by atoms with Crippen LogP contribution in [0.25, 0.3) is 0 Å². The van der Waals surface area contributed by atoms with Crippen molar-refractivity contribution in [1.29, 1.82) is 0 Å². The van der Waals surface area contributed by atoms with Crippen molar-refractivity contribution in [3.8, 4) is 0 Å². The smallest absolute Gasteiger partial charge is 0.373 e. The van der Waals surface area contributed by atoms with Crippen molar-refractivity contribution in [1.82, 2.24) is 4.90 Å². The van der Waals surface area contributed by atoms with E-state index in [0.717, 1.165) is 77.4 Å². The predicted molar refractivity (Wildman–Crippen MR) is 179 cm³/mol. The quantitative estimate of drug-likeness (QED) is 0.0464. The molecule has 0 fully saturated rings. The lowest BCUT2D eigenvalue weighted by atomic mass is 10.2. The molecule has 0 unspecified atom stereocenters. The average molecular weight is 580 g/mol. The molecule has 0 radical (unpaired) electrons. The fourth-order valence-electron chi connectivity index (χ4n) is 4.48. The molecule has 0 aromatic rings. The van der Waals surface area contributed by atoms with Crippen molar-refractivity contribution in [2.24, 2.45) is 0 Å². The van der Waals surface area contributed by atoms with Crippen LogP contribution in [0.15, 0.2) is 36.5 Å². The zero-order valence-electron chi connectivity index (χ0n) is 27.6. The summed E-state index contributed by atoms with van der Waals surface area (Å²) in [4.78, 5) is 2.25. The molecule has 0 aliphatic rings. The highest BCUT2D eigenvalue weighted by Crippen LogP contribution is 2.21. The van der Waals surface area contributed by atoms with E-state index in [0.29, 0.717) is 0 Å². The molecule has 0 aromatic heterocycles. The van der Waals surface area contributed by atoms with Gasteiger partial charge in [-0.1, -0.05) is 95.8 Å². The van der Waals surface area contributed by atoms with Crippen LogP contribution in [0.3, 0.4) is 0 Å². The van der Waals surface area contributed by atoms with E-state index >= 15 is 0 Å². The van der Waals surface area contributed by atoms with Gasteiger partial charge in [-0.2, -0.15) is 0 Å². The second-order valence-corrected chi connectivity index (χ2v) is 14.2. The molecule has 0 atom stereocenters. The molecule has 0 rings (SSSR count). The summed E-state index contributed by atoms with van der Waals surface area (Å²) in [5, 5.41) is 0. The van der Waals surface area contributed by atoms with E-state index in [2.05, 4.69) is 76.2 Å². The molecule has 0 N–H and O–H groups in total. The number of rotatable bonds is 31. The monoisotopic (exact) mass is 580 g/mol. The predicted octanol–water partition coefficient (Wildman–Crippen LogP) is 10.7. The number of allylic oxidation sites excluding steroid dienone is 6. The Morgan fingerprint density at radius 1 is 0.450 bits per heavy atom. The van der Waals surface area contributed by atoms with Gasteiger partial charge in [0.15, 0.2) is 0 Å². The maximum Gasteiger partial charge on any atom is 0.501 e. The molecule has 0 heterocycles. The van der Waals surface area contributed by atoms with Gasteiger partial charge in [0.1, 0.15) is 0 Å². The minimum Gasteiger partial charge on any atom is -0.373 e. The minimum atomic E-state index is -2.72. The van der Waals surface area contributed by atoms with Gasteiger partial charge < -0.3 is 18.2 Å². The largest absolute Gasteiger partial charge is 0.501 e. The fourth-order valence-corrected chi connectivity index (χ4v) is 7.12. The number of nitrogens with zero attached hydrogens (tertiary/aromatic N) is 1. The Morgan fingerprint density at radius 3 is 1.07 bits per heavy atom. The Hall–Kier alpha value is -0.723. The Bertz CT molecular complexity index is 522. The Morgan fingerprint density at radius 2 is 0.775 bits per heavy atom. The van der Waals surface area contributed by atoms with Gasteiger partial charge in [-0.25, -0.2) is 0 Å². The number of hydrogen-bond donors (Lipinski definition) is 0. The Balaban J connectivity index is 4.89. The van der Waals surface area contributed by atoms with Crippen molar-refractivity contribution in [2.45, 2.75) is 149 Å². The first kappa shape index (κ1) is 39.3. The van der Waals surface area contributed by atoms with Gasteiger partial charge in [0, 0.05) is 25.9 Å². The maximum atomic E-state index is 6.61. The van der Waals surface area contributed by atoms with Gasteiger partial charge in [-0.05, 0) is 104 Å². The highest BCUT2D eigenvalue weighted by atomic mass is 28.4. The van der Waals surface area contributed by atoms with E-state index in [9.17, 15) is 0 Å². The van der Waals surface area contributed by atoms with Crippen LogP contribution < -0.4 is 0 Å². The lowest BCUT2D eigenvalue weighted by Gasteiger charge is -2.30. The summed E-state index contributed by atoms with van der Waals surface area (Å²) in [6.07, 6.45) is 36.7. The van der Waals surface area contributed by atoms with E-state index in [1.165, 1.54) is 77.0 Å². The van der Waals surface area contributed by atoms with E-state index in [1.54, 1.807) is 0 Å². The van der Waals surface area contributed by atoms with Crippen molar-refractivity contribution in [2.75, 3.05) is 40.5 Å². The van der Waals surface area contributed by atoms with Crippen molar-refractivity contribution >= 4 is 8.80 Å². The molecule has 5 heteroatoms. The second-order valence-electron chi connectivity index (χ2n) is 11.5. The number of unbranched alkanes of at least 4 members (excludes halogenated alkanes) is 12. The van der Waals surface area contributed by atoms with Crippen LogP contribution >= 0.6 is 0 Å². The third-order valence-corrected chi connectivity index (χ3v) is 9.92. The molecule has 4 nitrogen and oxygen atoms in total. The highest BCUT2D eigenvalue weighted by molar-refractivity contribution is 6.60. The van der Waals surface area contributed by atoms with Gasteiger partial charge in [0.05, 0.1) is 0 Å². The van der Waals surface area contributed by atoms with Gasteiger partial charge in [0.2, 0.25) is 0 Å². The van der Waals surface area contributed by atoms with E-state index in [1.807, 2.05) is 0 Å². The molecular formula is C35H69NO3Si. The summed E-state index contributed by atoms with van der Waals surface area (Å²) >= 11 is 0. The molecular weight excluding hydrogens is 510 g/mol. The molecule has 0 spiro atoms. The van der Waals surface area contributed by atoms with E-state index in [-0.39, 0.29) is 0 Å². The SMILES string of the molecule is CCCCC/C=C\CCCO[Si](CCCN(C)C)(OCCC/C=C\CCCCC)OCCC/C=C\CCCCC. The van der Waals surface area contributed by atoms with Crippen LogP contribution in [0.5, 0.6) is 0 Å². The van der Waals surface area contributed by atoms with Crippen LogP contribution in [0.2, 0.25) is 6.04 Å². The van der Waals surface area contributed by atoms with E-state index < -0.39 is 8.80 Å². The molecule has 0 saturated carbocycles. The molecule has 0 saturated heterocycles. The second kappa shape index (κ2) is 31.2. The lowest BCUT2D eigenvalue weighted by molar-refractivity contribution is 0.0563. The fraction of sp³-hybridized carbons (Fsp3) is 0.829. The van der Waals surface area contributed by atoms with Gasteiger partial charge in [-0.3, -0.25) is 0 Å². The van der Waals surface area contributed by atoms with Crippen molar-refractivity contribution < 1.29 is 13.3 Å². The first-order valence-corrected chi connectivity index (χ1v) is 19.0. The summed E-state index contributed by atoms with van der Waals surface area (Å²) in [7, 11) is 1.55. The standard InChI is InChI=1S/C35H69NO3Si/c1-6-9-12-15-18-21-24-27-32-37-40(35-30-31-36(4)5,38-33-28-25-22-19-16-13-10-7-2)39-34-29-26-23-20-17-14-11-8-3/h18-23H,6-17,24-35H2,1-5H3/b21-18-,22-19-,23-20-. The molecule has 40 heavy (non-hydrogen) atoms. The maximum absolute atomic E-state index is 6.61. The van der Waals surface area contributed by atoms with Crippen molar-refractivity contribution in [3.63, 3.8) is 0 Å². The molecule has 0 aliphatic carbocycles. The zero-order chi connectivity index (χ0) is 29.4. The zero-order valence-corrected chi connectivity index (χ0v) is 28.6. The summed E-state index contributed by atoms with van der Waals surface area (Å²) in [5.74, 6) is 0. The third kappa shape index (κ3) is 27.4. The van der Waals surface area contributed by atoms with Gasteiger partial charge in [-0.15, -0.1) is 0 Å². The summed E-state index contributed by atoms with van der Waals surface area (Å²) < 4.78 is 19.8. The topological polar surface area (TPSA) is 30.9 Å². The average Bonchev–Trinajstić information content (AvgIpc) is 2.94.